The lowest BCUT2D eigenvalue weighted by Crippen LogP contribution is -2.28. The van der Waals surface area contributed by atoms with Gasteiger partial charge in [0, 0.05) is 13.0 Å². The van der Waals surface area contributed by atoms with Crippen LogP contribution in [0.5, 0.6) is 0 Å². The van der Waals surface area contributed by atoms with Crippen molar-refractivity contribution in [2.45, 2.75) is 38.9 Å². The van der Waals surface area contributed by atoms with Crippen molar-refractivity contribution in [1.82, 2.24) is 5.32 Å². The molecule has 0 aliphatic carbocycles. The number of hydrogen-bond acceptors (Lipinski definition) is 4. The van der Waals surface area contributed by atoms with Gasteiger partial charge < -0.3 is 14.8 Å². The molecule has 0 bridgehead atoms. The van der Waals surface area contributed by atoms with Crippen molar-refractivity contribution in [2.24, 2.45) is 5.41 Å². The van der Waals surface area contributed by atoms with Gasteiger partial charge in [0.2, 0.25) is 0 Å². The zero-order chi connectivity index (χ0) is 15.9. The van der Waals surface area contributed by atoms with Gasteiger partial charge >= 0.3 is 5.97 Å². The van der Waals surface area contributed by atoms with Gasteiger partial charge in [-0.05, 0) is 36.6 Å². The standard InChI is InChI=1S/C15H23NO4S/c1-15(2,7-6-13(17)18)8-9-16-14(19)12-5-4-11(20-12)10-21-3/h4-5H,6-10H2,1-3H3,(H,16,19)(H,17,18). The Bertz CT molecular complexity index is 482. The van der Waals surface area contributed by atoms with Crippen LogP contribution < -0.4 is 5.32 Å². The molecule has 0 spiro atoms. The maximum Gasteiger partial charge on any atom is 0.303 e. The Morgan fingerprint density at radius 2 is 2.05 bits per heavy atom. The molecule has 2 N–H and O–H groups in total. The molecule has 0 radical (unpaired) electrons. The summed E-state index contributed by atoms with van der Waals surface area (Å²) >= 11 is 1.64. The zero-order valence-corrected chi connectivity index (χ0v) is 13.6. The highest BCUT2D eigenvalue weighted by Gasteiger charge is 2.19. The van der Waals surface area contributed by atoms with Crippen molar-refractivity contribution in [1.29, 1.82) is 0 Å². The topological polar surface area (TPSA) is 79.5 Å². The fourth-order valence-corrected chi connectivity index (χ4v) is 2.33. The van der Waals surface area contributed by atoms with Crippen LogP contribution in [-0.2, 0) is 10.5 Å². The first-order valence-electron chi connectivity index (χ1n) is 6.92. The van der Waals surface area contributed by atoms with Crippen molar-refractivity contribution in [3.63, 3.8) is 0 Å². The van der Waals surface area contributed by atoms with Crippen LogP contribution >= 0.6 is 11.8 Å². The number of carboxylic acid groups (broad SMARTS) is 1. The molecule has 0 saturated heterocycles. The van der Waals surface area contributed by atoms with Crippen LogP contribution in [0.3, 0.4) is 0 Å². The summed E-state index contributed by atoms with van der Waals surface area (Å²) in [6.45, 7) is 4.52. The van der Waals surface area contributed by atoms with Crippen LogP contribution in [0.4, 0.5) is 0 Å². The van der Waals surface area contributed by atoms with E-state index in [1.54, 1.807) is 17.8 Å². The van der Waals surface area contributed by atoms with Gasteiger partial charge in [-0.1, -0.05) is 13.8 Å². The zero-order valence-electron chi connectivity index (χ0n) is 12.8. The quantitative estimate of drug-likeness (QED) is 0.732. The van der Waals surface area contributed by atoms with E-state index in [4.69, 9.17) is 9.52 Å². The number of furan rings is 1. The number of aliphatic carboxylic acids is 1. The van der Waals surface area contributed by atoms with E-state index in [0.29, 0.717) is 18.7 Å². The van der Waals surface area contributed by atoms with E-state index in [1.165, 1.54) is 0 Å². The van der Waals surface area contributed by atoms with Crippen LogP contribution in [0.1, 0.15) is 49.4 Å². The van der Waals surface area contributed by atoms with Crippen LogP contribution in [0.2, 0.25) is 0 Å². The fraction of sp³-hybridized carbons (Fsp3) is 0.600. The maximum atomic E-state index is 11.9. The highest BCUT2D eigenvalue weighted by atomic mass is 32.2. The highest BCUT2D eigenvalue weighted by Crippen LogP contribution is 2.26. The summed E-state index contributed by atoms with van der Waals surface area (Å²) in [7, 11) is 0. The smallest absolute Gasteiger partial charge is 0.303 e. The second-order valence-corrected chi connectivity index (χ2v) is 6.63. The van der Waals surface area contributed by atoms with Crippen molar-refractivity contribution in [2.75, 3.05) is 12.8 Å². The monoisotopic (exact) mass is 313 g/mol. The Balaban J connectivity index is 2.36. The van der Waals surface area contributed by atoms with Gasteiger partial charge in [0.05, 0.1) is 5.75 Å². The number of nitrogens with one attached hydrogen (secondary N) is 1. The fourth-order valence-electron chi connectivity index (χ4n) is 1.89. The van der Waals surface area contributed by atoms with Crippen molar-refractivity contribution in [3.05, 3.63) is 23.7 Å². The third-order valence-corrected chi connectivity index (χ3v) is 3.85. The van der Waals surface area contributed by atoms with Gasteiger partial charge in [0.1, 0.15) is 5.76 Å². The van der Waals surface area contributed by atoms with Gasteiger partial charge in [-0.25, -0.2) is 0 Å². The van der Waals surface area contributed by atoms with E-state index in [-0.39, 0.29) is 17.7 Å². The Morgan fingerprint density at radius 1 is 1.33 bits per heavy atom. The number of amides is 1. The van der Waals surface area contributed by atoms with Crippen molar-refractivity contribution >= 4 is 23.6 Å². The average molecular weight is 313 g/mol. The molecule has 1 aromatic heterocycles. The molecule has 0 atom stereocenters. The summed E-state index contributed by atoms with van der Waals surface area (Å²) in [6.07, 6.45) is 3.44. The summed E-state index contributed by atoms with van der Waals surface area (Å²) in [5.74, 6) is 0.840. The summed E-state index contributed by atoms with van der Waals surface area (Å²) in [4.78, 5) is 22.5. The molecular weight excluding hydrogens is 290 g/mol. The molecule has 0 aromatic carbocycles. The first kappa shape index (κ1) is 17.6. The van der Waals surface area contributed by atoms with Gasteiger partial charge in [-0.15, -0.1) is 0 Å². The van der Waals surface area contributed by atoms with Crippen molar-refractivity contribution in [3.8, 4) is 0 Å². The second kappa shape index (κ2) is 8.12. The van der Waals surface area contributed by atoms with Gasteiger partial charge in [0.25, 0.3) is 5.91 Å². The van der Waals surface area contributed by atoms with E-state index >= 15 is 0 Å². The molecule has 5 nitrogen and oxygen atoms in total. The highest BCUT2D eigenvalue weighted by molar-refractivity contribution is 7.97. The normalized spacial score (nSPS) is 11.4. The minimum atomic E-state index is -0.788. The molecule has 0 unspecified atom stereocenters. The van der Waals surface area contributed by atoms with Gasteiger partial charge in [-0.3, -0.25) is 9.59 Å². The Labute approximate surface area is 129 Å². The summed E-state index contributed by atoms with van der Waals surface area (Å²) in [6, 6.07) is 3.48. The third kappa shape index (κ3) is 6.71. The lowest BCUT2D eigenvalue weighted by molar-refractivity contribution is -0.137. The van der Waals surface area contributed by atoms with E-state index in [9.17, 15) is 9.59 Å². The Morgan fingerprint density at radius 3 is 2.67 bits per heavy atom. The number of carboxylic acids is 1. The second-order valence-electron chi connectivity index (χ2n) is 5.76. The molecule has 1 heterocycles. The first-order chi connectivity index (χ1) is 9.84. The predicted molar refractivity (Wildman–Crippen MR) is 83.5 cm³/mol. The van der Waals surface area contributed by atoms with Gasteiger partial charge in [0.15, 0.2) is 5.76 Å². The van der Waals surface area contributed by atoms with Crippen molar-refractivity contribution < 1.29 is 19.1 Å². The number of hydrogen-bond donors (Lipinski definition) is 2. The van der Waals surface area contributed by atoms with Gasteiger partial charge in [-0.2, -0.15) is 11.8 Å². The van der Waals surface area contributed by atoms with Crippen LogP contribution in [0, 0.1) is 5.41 Å². The molecule has 0 saturated carbocycles. The Kier molecular flexibility index (Phi) is 6.81. The molecule has 21 heavy (non-hydrogen) atoms. The molecule has 1 aromatic rings. The van der Waals surface area contributed by atoms with Crippen LogP contribution in [-0.4, -0.2) is 29.8 Å². The van der Waals surface area contributed by atoms with E-state index in [2.05, 4.69) is 5.32 Å². The minimum Gasteiger partial charge on any atom is -0.481 e. The third-order valence-electron chi connectivity index (χ3n) is 3.28. The molecular formula is C15H23NO4S. The summed E-state index contributed by atoms with van der Waals surface area (Å²) in [5.41, 5.74) is -0.112. The predicted octanol–water partition coefficient (Wildman–Crippen LogP) is 3.15. The van der Waals surface area contributed by atoms with Crippen LogP contribution in [0.25, 0.3) is 0 Å². The molecule has 0 aliphatic heterocycles. The van der Waals surface area contributed by atoms with E-state index in [1.807, 2.05) is 26.2 Å². The maximum absolute atomic E-state index is 11.9. The minimum absolute atomic E-state index is 0.112. The molecule has 118 valence electrons. The molecule has 1 rings (SSSR count). The molecule has 1 amide bonds. The first-order valence-corrected chi connectivity index (χ1v) is 8.31. The average Bonchev–Trinajstić information content (AvgIpc) is 2.85. The number of carbonyl (C=O) groups is 2. The summed E-state index contributed by atoms with van der Waals surface area (Å²) in [5, 5.41) is 11.5. The lowest BCUT2D eigenvalue weighted by Gasteiger charge is -2.23. The SMILES string of the molecule is CSCc1ccc(C(=O)NCCC(C)(C)CCC(=O)O)o1. The molecule has 0 aliphatic rings. The largest absolute Gasteiger partial charge is 0.481 e. The summed E-state index contributed by atoms with van der Waals surface area (Å²) < 4.78 is 5.44. The van der Waals surface area contributed by atoms with Crippen LogP contribution in [0.15, 0.2) is 16.5 Å². The number of rotatable bonds is 9. The molecule has 6 heteroatoms. The Hall–Kier alpha value is -1.43. The van der Waals surface area contributed by atoms with E-state index < -0.39 is 5.97 Å². The lowest BCUT2D eigenvalue weighted by atomic mass is 9.84. The number of carbonyl (C=O) groups excluding carboxylic acids is 1. The van der Waals surface area contributed by atoms with E-state index in [0.717, 1.165) is 17.9 Å². The molecule has 0 fully saturated rings. The number of thioether (sulfide) groups is 1.